The number of hydrogen-bond acceptors (Lipinski definition) is 5. The minimum absolute atomic E-state index is 0.0845. The van der Waals surface area contributed by atoms with Crippen LogP contribution in [0.25, 0.3) is 6.08 Å². The maximum absolute atomic E-state index is 12.6. The molecule has 1 heterocycles. The van der Waals surface area contributed by atoms with E-state index in [1.54, 1.807) is 25.1 Å². The number of hydrogen-bond donors (Lipinski definition) is 1. The quantitative estimate of drug-likeness (QED) is 0.667. The average Bonchev–Trinajstić information content (AvgIpc) is 3.04. The molecule has 1 aliphatic rings. The number of carbonyl (C=O) groups excluding carboxylic acids is 2. The maximum Gasteiger partial charge on any atom is 0.344 e. The summed E-state index contributed by atoms with van der Waals surface area (Å²) in [6, 6.07) is 14.9. The normalized spacial score (nSPS) is 16.4. The van der Waals surface area contributed by atoms with Crippen molar-refractivity contribution in [3.63, 3.8) is 0 Å². The van der Waals surface area contributed by atoms with Crippen molar-refractivity contribution >= 4 is 34.8 Å². The van der Waals surface area contributed by atoms with E-state index in [0.29, 0.717) is 10.5 Å². The standard InChI is InChI=1S/C24H23NO4S/c1-4-16-8-10-17(11-9-16)14-19-21(26)20(24(28)29-5-2)23(30-19)25-22(27)18-12-6-15(3)7-13-18/h6-14,26H,4-5H2,1-3H3/b19-14-,25-23?. The van der Waals surface area contributed by atoms with E-state index in [0.717, 1.165) is 29.3 Å². The number of aliphatic imine (C=N–C) groups is 1. The topological polar surface area (TPSA) is 76.0 Å². The molecular formula is C24H23NO4S. The Bertz CT molecular complexity index is 1050. The summed E-state index contributed by atoms with van der Waals surface area (Å²) in [6.45, 7) is 5.83. The lowest BCUT2D eigenvalue weighted by molar-refractivity contribution is -0.138. The Labute approximate surface area is 180 Å². The zero-order valence-electron chi connectivity index (χ0n) is 17.1. The molecule has 0 unspecified atom stereocenters. The number of carbonyl (C=O) groups is 2. The molecular weight excluding hydrogens is 398 g/mol. The van der Waals surface area contributed by atoms with Crippen LogP contribution in [0.2, 0.25) is 0 Å². The van der Waals surface area contributed by atoms with Crippen LogP contribution in [0.3, 0.4) is 0 Å². The van der Waals surface area contributed by atoms with Crippen LogP contribution in [0.15, 0.2) is 69.8 Å². The number of thioether (sulfide) groups is 1. The van der Waals surface area contributed by atoms with Crippen molar-refractivity contribution < 1.29 is 19.4 Å². The van der Waals surface area contributed by atoms with Crippen molar-refractivity contribution in [2.75, 3.05) is 6.61 Å². The van der Waals surface area contributed by atoms with Gasteiger partial charge in [-0.25, -0.2) is 9.79 Å². The summed E-state index contributed by atoms with van der Waals surface area (Å²) in [6.07, 6.45) is 2.69. The first-order valence-electron chi connectivity index (χ1n) is 9.72. The molecule has 6 heteroatoms. The van der Waals surface area contributed by atoms with Gasteiger partial charge in [-0.05, 0) is 49.6 Å². The molecule has 154 valence electrons. The van der Waals surface area contributed by atoms with E-state index in [9.17, 15) is 14.7 Å². The number of aliphatic hydroxyl groups excluding tert-OH is 1. The van der Waals surface area contributed by atoms with Crippen LogP contribution in [0.1, 0.15) is 40.9 Å². The predicted octanol–water partition coefficient (Wildman–Crippen LogP) is 5.26. The van der Waals surface area contributed by atoms with Gasteiger partial charge in [0.25, 0.3) is 5.91 Å². The van der Waals surface area contributed by atoms with Gasteiger partial charge < -0.3 is 9.84 Å². The van der Waals surface area contributed by atoms with Gasteiger partial charge in [0, 0.05) is 5.56 Å². The Kier molecular flexibility index (Phi) is 6.90. The summed E-state index contributed by atoms with van der Waals surface area (Å²) in [4.78, 5) is 29.6. The highest BCUT2D eigenvalue weighted by Gasteiger charge is 2.33. The third-order valence-corrected chi connectivity index (χ3v) is 5.58. The van der Waals surface area contributed by atoms with Crippen LogP contribution < -0.4 is 0 Å². The molecule has 2 aromatic carbocycles. The Morgan fingerprint density at radius 1 is 1.07 bits per heavy atom. The largest absolute Gasteiger partial charge is 0.506 e. The Morgan fingerprint density at radius 3 is 2.33 bits per heavy atom. The number of amides is 1. The smallest absolute Gasteiger partial charge is 0.344 e. The summed E-state index contributed by atoms with van der Waals surface area (Å²) < 4.78 is 5.07. The molecule has 0 radical (unpaired) electrons. The van der Waals surface area contributed by atoms with Crippen molar-refractivity contribution in [1.29, 1.82) is 0 Å². The molecule has 1 N–H and O–H groups in total. The van der Waals surface area contributed by atoms with Crippen LogP contribution in [0, 0.1) is 6.92 Å². The van der Waals surface area contributed by atoms with Crippen molar-refractivity contribution in [3.05, 3.63) is 87.0 Å². The zero-order valence-corrected chi connectivity index (χ0v) is 18.0. The number of ether oxygens (including phenoxy) is 1. The minimum Gasteiger partial charge on any atom is -0.506 e. The molecule has 0 aliphatic carbocycles. The number of nitrogens with zero attached hydrogens (tertiary/aromatic N) is 1. The lowest BCUT2D eigenvalue weighted by Gasteiger charge is -2.03. The van der Waals surface area contributed by atoms with E-state index >= 15 is 0 Å². The van der Waals surface area contributed by atoms with Gasteiger partial charge in [-0.1, -0.05) is 60.6 Å². The number of aryl methyl sites for hydroxylation is 2. The van der Waals surface area contributed by atoms with Gasteiger partial charge in [0.2, 0.25) is 0 Å². The Morgan fingerprint density at radius 2 is 1.73 bits per heavy atom. The van der Waals surface area contributed by atoms with Crippen molar-refractivity contribution in [2.45, 2.75) is 27.2 Å². The van der Waals surface area contributed by atoms with E-state index in [1.807, 2.05) is 43.3 Å². The van der Waals surface area contributed by atoms with Gasteiger partial charge in [-0.2, -0.15) is 0 Å². The highest BCUT2D eigenvalue weighted by Crippen LogP contribution is 2.39. The molecule has 0 saturated heterocycles. The summed E-state index contributed by atoms with van der Waals surface area (Å²) in [5.41, 5.74) is 3.42. The summed E-state index contributed by atoms with van der Waals surface area (Å²) in [5.74, 6) is -1.42. The summed E-state index contributed by atoms with van der Waals surface area (Å²) in [5, 5.41) is 10.8. The second-order valence-electron chi connectivity index (χ2n) is 6.74. The predicted molar refractivity (Wildman–Crippen MR) is 121 cm³/mol. The van der Waals surface area contributed by atoms with Crippen molar-refractivity contribution in [2.24, 2.45) is 4.99 Å². The molecule has 0 bridgehead atoms. The molecule has 3 rings (SSSR count). The average molecular weight is 422 g/mol. The Hall–Kier alpha value is -3.12. The van der Waals surface area contributed by atoms with E-state index in [-0.39, 0.29) is 23.0 Å². The maximum atomic E-state index is 12.6. The first-order chi connectivity index (χ1) is 14.4. The van der Waals surface area contributed by atoms with Crippen LogP contribution in [0.4, 0.5) is 0 Å². The fourth-order valence-corrected chi connectivity index (χ4v) is 3.86. The molecule has 30 heavy (non-hydrogen) atoms. The monoisotopic (exact) mass is 421 g/mol. The fraction of sp³-hybridized carbons (Fsp3) is 0.208. The van der Waals surface area contributed by atoms with E-state index < -0.39 is 11.9 Å². The van der Waals surface area contributed by atoms with Crippen LogP contribution >= 0.6 is 11.8 Å². The van der Waals surface area contributed by atoms with Gasteiger partial charge in [0.1, 0.15) is 16.4 Å². The van der Waals surface area contributed by atoms with Gasteiger partial charge >= 0.3 is 5.97 Å². The molecule has 0 saturated carbocycles. The number of esters is 1. The molecule has 1 amide bonds. The van der Waals surface area contributed by atoms with Crippen LogP contribution in [-0.4, -0.2) is 28.6 Å². The third-order valence-electron chi connectivity index (χ3n) is 4.56. The number of rotatable bonds is 5. The second-order valence-corrected chi connectivity index (χ2v) is 7.77. The fourth-order valence-electron chi connectivity index (χ4n) is 2.85. The zero-order chi connectivity index (χ0) is 21.7. The highest BCUT2D eigenvalue weighted by atomic mass is 32.2. The molecule has 2 aromatic rings. The van der Waals surface area contributed by atoms with E-state index in [1.165, 1.54) is 5.56 Å². The first kappa shape index (κ1) is 21.6. The van der Waals surface area contributed by atoms with Gasteiger partial charge in [0.05, 0.1) is 11.5 Å². The molecule has 0 atom stereocenters. The van der Waals surface area contributed by atoms with Crippen molar-refractivity contribution in [1.82, 2.24) is 0 Å². The van der Waals surface area contributed by atoms with E-state index in [2.05, 4.69) is 11.9 Å². The highest BCUT2D eigenvalue weighted by molar-refractivity contribution is 8.18. The number of benzene rings is 2. The van der Waals surface area contributed by atoms with E-state index in [4.69, 9.17) is 4.74 Å². The SMILES string of the molecule is CCOC(=O)C1=C(O)/C(=C/c2ccc(CC)cc2)SC1=NC(=O)c1ccc(C)cc1. The van der Waals surface area contributed by atoms with Gasteiger partial charge in [-0.3, -0.25) is 4.79 Å². The first-order valence-corrected chi connectivity index (χ1v) is 10.5. The molecule has 1 aliphatic heterocycles. The summed E-state index contributed by atoms with van der Waals surface area (Å²) >= 11 is 1.08. The minimum atomic E-state index is -0.706. The molecule has 5 nitrogen and oxygen atoms in total. The molecule has 0 fully saturated rings. The molecule has 0 spiro atoms. The summed E-state index contributed by atoms with van der Waals surface area (Å²) in [7, 11) is 0. The molecule has 0 aromatic heterocycles. The lowest BCUT2D eigenvalue weighted by Crippen LogP contribution is -2.14. The van der Waals surface area contributed by atoms with Gasteiger partial charge in [0.15, 0.2) is 0 Å². The number of aliphatic hydroxyl groups is 1. The lowest BCUT2D eigenvalue weighted by atomic mass is 10.1. The third kappa shape index (κ3) is 4.89. The van der Waals surface area contributed by atoms with Crippen LogP contribution in [0.5, 0.6) is 0 Å². The Balaban J connectivity index is 1.97. The van der Waals surface area contributed by atoms with Crippen LogP contribution in [-0.2, 0) is 16.0 Å². The van der Waals surface area contributed by atoms with Gasteiger partial charge in [-0.15, -0.1) is 0 Å². The van der Waals surface area contributed by atoms with Crippen molar-refractivity contribution in [3.8, 4) is 0 Å². The second kappa shape index (κ2) is 9.59.